The average molecular weight is 207 g/mol. The maximum Gasteiger partial charge on any atom is 0.337 e. The number of anilines is 1. The number of nitrogens with one attached hydrogen (secondary N) is 1. The van der Waals surface area contributed by atoms with Crippen LogP contribution in [-0.4, -0.2) is 27.3 Å². The first-order valence-corrected chi connectivity index (χ1v) is 5.08. The Hall–Kier alpha value is -1.65. The zero-order valence-corrected chi connectivity index (χ0v) is 8.31. The zero-order chi connectivity index (χ0) is 10.7. The predicted octanol–water partition coefficient (Wildman–Crippen LogP) is 1.53. The van der Waals surface area contributed by atoms with E-state index in [1.165, 1.54) is 25.1 Å². The number of carbonyl (C=O) groups is 1. The quantitative estimate of drug-likeness (QED) is 0.786. The molecule has 1 fully saturated rings. The van der Waals surface area contributed by atoms with Crippen LogP contribution < -0.4 is 5.32 Å². The van der Waals surface area contributed by atoms with Crippen molar-refractivity contribution < 1.29 is 9.90 Å². The molecule has 2 N–H and O–H groups in total. The summed E-state index contributed by atoms with van der Waals surface area (Å²) in [6.07, 6.45) is 5.95. The fraction of sp³-hybridized carbons (Fsp3) is 0.500. The van der Waals surface area contributed by atoms with E-state index in [0.29, 0.717) is 11.9 Å². The van der Waals surface area contributed by atoms with E-state index in [1.54, 1.807) is 0 Å². The predicted molar refractivity (Wildman–Crippen MR) is 54.9 cm³/mol. The number of hydrogen-bond acceptors (Lipinski definition) is 4. The summed E-state index contributed by atoms with van der Waals surface area (Å²) in [7, 11) is 0. The van der Waals surface area contributed by atoms with Gasteiger partial charge < -0.3 is 10.4 Å². The number of aromatic nitrogens is 2. The molecule has 15 heavy (non-hydrogen) atoms. The Labute approximate surface area is 87.5 Å². The summed E-state index contributed by atoms with van der Waals surface area (Å²) in [5.41, 5.74) is 0.172. The Morgan fingerprint density at radius 3 is 2.87 bits per heavy atom. The number of nitrogens with zero attached hydrogens (tertiary/aromatic N) is 2. The summed E-state index contributed by atoms with van der Waals surface area (Å²) in [6.45, 7) is 0. The van der Waals surface area contributed by atoms with Gasteiger partial charge in [0.05, 0.1) is 11.8 Å². The van der Waals surface area contributed by atoms with Gasteiger partial charge in [-0.2, -0.15) is 5.10 Å². The van der Waals surface area contributed by atoms with E-state index >= 15 is 0 Å². The molecule has 1 aromatic rings. The number of aromatic carboxylic acids is 1. The molecule has 1 aliphatic rings. The summed E-state index contributed by atoms with van der Waals surface area (Å²) in [6, 6.07) is 1.94. The fourth-order valence-corrected chi connectivity index (χ4v) is 1.83. The van der Waals surface area contributed by atoms with Gasteiger partial charge in [0.1, 0.15) is 5.82 Å². The van der Waals surface area contributed by atoms with Crippen molar-refractivity contribution in [1.29, 1.82) is 0 Å². The third-order valence-corrected chi connectivity index (χ3v) is 2.61. The van der Waals surface area contributed by atoms with E-state index < -0.39 is 5.97 Å². The summed E-state index contributed by atoms with van der Waals surface area (Å²) in [5, 5.41) is 19.5. The highest BCUT2D eigenvalue weighted by atomic mass is 16.4. The van der Waals surface area contributed by atoms with Crippen molar-refractivity contribution in [2.45, 2.75) is 31.7 Å². The van der Waals surface area contributed by atoms with Crippen LogP contribution in [0.25, 0.3) is 0 Å². The molecule has 0 atom stereocenters. The molecule has 0 aromatic carbocycles. The lowest BCUT2D eigenvalue weighted by molar-refractivity contribution is 0.0696. The second kappa shape index (κ2) is 4.25. The third-order valence-electron chi connectivity index (χ3n) is 2.61. The van der Waals surface area contributed by atoms with Gasteiger partial charge in [0.25, 0.3) is 0 Å². The fourth-order valence-electron chi connectivity index (χ4n) is 1.83. The Morgan fingerprint density at radius 1 is 1.47 bits per heavy atom. The number of carboxylic acid groups (broad SMARTS) is 1. The maximum atomic E-state index is 10.7. The van der Waals surface area contributed by atoms with Gasteiger partial charge >= 0.3 is 5.97 Å². The highest BCUT2D eigenvalue weighted by Crippen LogP contribution is 2.21. The first kappa shape index (κ1) is 9.89. The van der Waals surface area contributed by atoms with Crippen LogP contribution in [0.1, 0.15) is 36.0 Å². The van der Waals surface area contributed by atoms with E-state index in [2.05, 4.69) is 15.5 Å². The van der Waals surface area contributed by atoms with Crippen LogP contribution in [0.3, 0.4) is 0 Å². The first-order valence-electron chi connectivity index (χ1n) is 5.08. The molecule has 0 saturated heterocycles. The van der Waals surface area contributed by atoms with Crippen LogP contribution in [0.2, 0.25) is 0 Å². The van der Waals surface area contributed by atoms with Crippen molar-refractivity contribution in [3.63, 3.8) is 0 Å². The average Bonchev–Trinajstić information content (AvgIpc) is 2.71. The van der Waals surface area contributed by atoms with Crippen molar-refractivity contribution >= 4 is 11.8 Å². The molecule has 0 unspecified atom stereocenters. The molecule has 1 aromatic heterocycles. The van der Waals surface area contributed by atoms with Crippen LogP contribution >= 0.6 is 0 Å². The SMILES string of the molecule is O=C(O)c1cnnc(NC2CCCC2)c1. The Morgan fingerprint density at radius 2 is 2.20 bits per heavy atom. The molecule has 80 valence electrons. The topological polar surface area (TPSA) is 75.1 Å². The highest BCUT2D eigenvalue weighted by Gasteiger charge is 2.15. The molecule has 0 bridgehead atoms. The summed E-state index contributed by atoms with van der Waals surface area (Å²) in [5.74, 6) is -0.416. The first-order chi connectivity index (χ1) is 7.25. The molecule has 2 rings (SSSR count). The van der Waals surface area contributed by atoms with Gasteiger partial charge in [0.15, 0.2) is 0 Å². The van der Waals surface area contributed by atoms with Crippen molar-refractivity contribution in [3.05, 3.63) is 17.8 Å². The van der Waals surface area contributed by atoms with Gasteiger partial charge in [0, 0.05) is 6.04 Å². The highest BCUT2D eigenvalue weighted by molar-refractivity contribution is 5.87. The summed E-state index contributed by atoms with van der Waals surface area (Å²) >= 11 is 0. The molecule has 1 aliphatic carbocycles. The monoisotopic (exact) mass is 207 g/mol. The molecule has 0 radical (unpaired) electrons. The minimum atomic E-state index is -0.973. The van der Waals surface area contributed by atoms with Gasteiger partial charge in [-0.15, -0.1) is 5.10 Å². The molecule has 5 heteroatoms. The normalized spacial score (nSPS) is 16.5. The Balaban J connectivity index is 2.07. The number of rotatable bonds is 3. The van der Waals surface area contributed by atoms with Crippen molar-refractivity contribution in [2.75, 3.05) is 5.32 Å². The van der Waals surface area contributed by atoms with Crippen LogP contribution in [0.5, 0.6) is 0 Å². The molecular weight excluding hydrogens is 194 g/mol. The minimum absolute atomic E-state index is 0.172. The second-order valence-corrected chi connectivity index (χ2v) is 3.76. The van der Waals surface area contributed by atoms with Crippen LogP contribution in [0.4, 0.5) is 5.82 Å². The van der Waals surface area contributed by atoms with E-state index in [0.717, 1.165) is 12.8 Å². The van der Waals surface area contributed by atoms with Gasteiger partial charge in [0.2, 0.25) is 0 Å². The lowest BCUT2D eigenvalue weighted by Gasteiger charge is -2.11. The molecule has 5 nitrogen and oxygen atoms in total. The zero-order valence-electron chi connectivity index (χ0n) is 8.31. The van der Waals surface area contributed by atoms with Crippen LogP contribution in [0.15, 0.2) is 12.3 Å². The van der Waals surface area contributed by atoms with Gasteiger partial charge in [-0.3, -0.25) is 0 Å². The number of hydrogen-bond donors (Lipinski definition) is 2. The largest absolute Gasteiger partial charge is 0.478 e. The van der Waals surface area contributed by atoms with Crippen molar-refractivity contribution in [1.82, 2.24) is 10.2 Å². The van der Waals surface area contributed by atoms with Crippen molar-refractivity contribution in [3.8, 4) is 0 Å². The van der Waals surface area contributed by atoms with Gasteiger partial charge in [-0.05, 0) is 18.9 Å². The van der Waals surface area contributed by atoms with E-state index in [1.807, 2.05) is 0 Å². The lowest BCUT2D eigenvalue weighted by atomic mass is 10.2. The van der Waals surface area contributed by atoms with E-state index in [9.17, 15) is 4.79 Å². The van der Waals surface area contributed by atoms with E-state index in [-0.39, 0.29) is 5.56 Å². The van der Waals surface area contributed by atoms with E-state index in [4.69, 9.17) is 5.11 Å². The summed E-state index contributed by atoms with van der Waals surface area (Å²) in [4.78, 5) is 10.7. The molecular formula is C10H13N3O2. The maximum absolute atomic E-state index is 10.7. The molecule has 1 saturated carbocycles. The van der Waals surface area contributed by atoms with Gasteiger partial charge in [-0.25, -0.2) is 4.79 Å². The molecule has 0 amide bonds. The number of carboxylic acids is 1. The van der Waals surface area contributed by atoms with Crippen molar-refractivity contribution in [2.24, 2.45) is 0 Å². The standard InChI is InChI=1S/C10H13N3O2/c14-10(15)7-5-9(13-11-6-7)12-8-3-1-2-4-8/h5-6,8H,1-4H2,(H,12,13)(H,14,15). The molecule has 0 aliphatic heterocycles. The summed E-state index contributed by atoms with van der Waals surface area (Å²) < 4.78 is 0. The lowest BCUT2D eigenvalue weighted by Crippen LogP contribution is -2.16. The third kappa shape index (κ3) is 2.43. The van der Waals surface area contributed by atoms with Crippen LogP contribution in [-0.2, 0) is 0 Å². The minimum Gasteiger partial charge on any atom is -0.478 e. The Kier molecular flexibility index (Phi) is 2.80. The molecule has 0 spiro atoms. The Bertz CT molecular complexity index is 361. The molecule has 1 heterocycles. The smallest absolute Gasteiger partial charge is 0.337 e. The second-order valence-electron chi connectivity index (χ2n) is 3.76. The van der Waals surface area contributed by atoms with Gasteiger partial charge in [-0.1, -0.05) is 12.8 Å². The van der Waals surface area contributed by atoms with Crippen LogP contribution in [0, 0.1) is 0 Å².